The largest absolute Gasteiger partial charge is 0.315 e. The summed E-state index contributed by atoms with van der Waals surface area (Å²) in [6, 6.07) is 9.66. The molecule has 23 heavy (non-hydrogen) atoms. The fourth-order valence-electron chi connectivity index (χ4n) is 2.28. The van der Waals surface area contributed by atoms with E-state index >= 15 is 0 Å². The lowest BCUT2D eigenvalue weighted by Crippen LogP contribution is -2.28. The molecular formula is C17H24N4OS. The predicted molar refractivity (Wildman–Crippen MR) is 94.9 cm³/mol. The highest BCUT2D eigenvalue weighted by atomic mass is 32.2. The maximum atomic E-state index is 12.3. The Bertz CT molecular complexity index is 627. The van der Waals surface area contributed by atoms with E-state index in [1.807, 2.05) is 30.3 Å². The van der Waals surface area contributed by atoms with Crippen LogP contribution in [0.4, 0.5) is 5.69 Å². The second-order valence-corrected chi connectivity index (χ2v) is 6.27. The quantitative estimate of drug-likeness (QED) is 0.695. The summed E-state index contributed by atoms with van der Waals surface area (Å²) in [4.78, 5) is 14.0. The zero-order valence-electron chi connectivity index (χ0n) is 14.0. The molecule has 0 bridgehead atoms. The van der Waals surface area contributed by atoms with Gasteiger partial charge >= 0.3 is 0 Å². The van der Waals surface area contributed by atoms with Crippen LogP contribution in [0.2, 0.25) is 0 Å². The third kappa shape index (κ3) is 4.58. The van der Waals surface area contributed by atoms with Crippen molar-refractivity contribution in [2.75, 3.05) is 17.7 Å². The summed E-state index contributed by atoms with van der Waals surface area (Å²) >= 11 is 1.46. The molecule has 5 nitrogen and oxygen atoms in total. The van der Waals surface area contributed by atoms with Gasteiger partial charge in [-0.05, 0) is 25.5 Å². The van der Waals surface area contributed by atoms with Gasteiger partial charge in [-0.1, -0.05) is 43.3 Å². The first-order valence-corrected chi connectivity index (χ1v) is 9.02. The highest BCUT2D eigenvalue weighted by Gasteiger charge is 2.15. The molecule has 1 aromatic carbocycles. The van der Waals surface area contributed by atoms with Gasteiger partial charge in [0, 0.05) is 25.7 Å². The van der Waals surface area contributed by atoms with Crippen molar-refractivity contribution < 1.29 is 4.79 Å². The van der Waals surface area contributed by atoms with Crippen LogP contribution in [0.1, 0.15) is 32.5 Å². The number of thioether (sulfide) groups is 1. The molecule has 0 atom stereocenters. The number of unbranched alkanes of at least 4 members (excludes halogenated alkanes) is 1. The number of aryl methyl sites for hydroxylation is 1. The Morgan fingerprint density at radius 3 is 2.61 bits per heavy atom. The molecule has 2 aromatic rings. The Labute approximate surface area is 142 Å². The van der Waals surface area contributed by atoms with Crippen LogP contribution in [0, 0.1) is 0 Å². The van der Waals surface area contributed by atoms with Gasteiger partial charge in [-0.15, -0.1) is 10.2 Å². The number of hydrogen-bond donors (Lipinski definition) is 0. The summed E-state index contributed by atoms with van der Waals surface area (Å²) in [5.74, 6) is 1.43. The molecule has 0 saturated heterocycles. The van der Waals surface area contributed by atoms with Gasteiger partial charge in [0.25, 0.3) is 0 Å². The average molecular weight is 332 g/mol. The Balaban J connectivity index is 1.97. The number of amides is 1. The standard InChI is InChI=1S/C17H24N4OS/c1-4-6-12-15-18-19-17(21(15)5-2)23-13-16(22)20(3)14-10-8-7-9-11-14/h7-11H,4-6,12-13H2,1-3H3. The van der Waals surface area contributed by atoms with Crippen molar-refractivity contribution in [1.82, 2.24) is 14.8 Å². The third-order valence-corrected chi connectivity index (χ3v) is 4.66. The maximum absolute atomic E-state index is 12.3. The van der Waals surface area contributed by atoms with Crippen LogP contribution in [0.25, 0.3) is 0 Å². The topological polar surface area (TPSA) is 51.0 Å². The van der Waals surface area contributed by atoms with E-state index in [0.717, 1.165) is 42.5 Å². The molecule has 0 aliphatic rings. The van der Waals surface area contributed by atoms with E-state index in [2.05, 4.69) is 28.6 Å². The van der Waals surface area contributed by atoms with Gasteiger partial charge < -0.3 is 9.47 Å². The first-order valence-electron chi connectivity index (χ1n) is 8.03. The summed E-state index contributed by atoms with van der Waals surface area (Å²) in [7, 11) is 1.80. The van der Waals surface area contributed by atoms with E-state index in [4.69, 9.17) is 0 Å². The van der Waals surface area contributed by atoms with E-state index in [0.29, 0.717) is 5.75 Å². The lowest BCUT2D eigenvalue weighted by Gasteiger charge is -2.16. The van der Waals surface area contributed by atoms with Gasteiger partial charge in [-0.25, -0.2) is 0 Å². The number of anilines is 1. The number of aromatic nitrogens is 3. The Kier molecular flexibility index (Phi) is 6.65. The van der Waals surface area contributed by atoms with Crippen molar-refractivity contribution in [3.63, 3.8) is 0 Å². The number of carbonyl (C=O) groups is 1. The minimum atomic E-state index is 0.0574. The lowest BCUT2D eigenvalue weighted by molar-refractivity contribution is -0.115. The highest BCUT2D eigenvalue weighted by molar-refractivity contribution is 7.99. The van der Waals surface area contributed by atoms with E-state index in [9.17, 15) is 4.79 Å². The Morgan fingerprint density at radius 1 is 1.22 bits per heavy atom. The van der Waals surface area contributed by atoms with E-state index in [-0.39, 0.29) is 5.91 Å². The van der Waals surface area contributed by atoms with Gasteiger partial charge in [-0.2, -0.15) is 0 Å². The summed E-state index contributed by atoms with van der Waals surface area (Å²) < 4.78 is 2.11. The van der Waals surface area contributed by atoms with Gasteiger partial charge in [-0.3, -0.25) is 4.79 Å². The molecule has 0 aliphatic carbocycles. The first-order chi connectivity index (χ1) is 11.2. The normalized spacial score (nSPS) is 10.7. The molecule has 0 fully saturated rings. The molecular weight excluding hydrogens is 308 g/mol. The predicted octanol–water partition coefficient (Wildman–Crippen LogP) is 3.40. The van der Waals surface area contributed by atoms with Crippen LogP contribution in [-0.2, 0) is 17.8 Å². The van der Waals surface area contributed by atoms with E-state index in [1.165, 1.54) is 11.8 Å². The number of hydrogen-bond acceptors (Lipinski definition) is 4. The van der Waals surface area contributed by atoms with Crippen molar-refractivity contribution in [2.24, 2.45) is 0 Å². The Hall–Kier alpha value is -1.82. The molecule has 0 unspecified atom stereocenters. The fourth-order valence-corrected chi connectivity index (χ4v) is 3.22. The molecule has 1 amide bonds. The Morgan fingerprint density at radius 2 is 1.96 bits per heavy atom. The fraction of sp³-hybridized carbons (Fsp3) is 0.471. The number of rotatable bonds is 8. The van der Waals surface area contributed by atoms with Gasteiger partial charge in [0.1, 0.15) is 5.82 Å². The molecule has 0 spiro atoms. The lowest BCUT2D eigenvalue weighted by atomic mass is 10.2. The second-order valence-electron chi connectivity index (χ2n) is 5.32. The van der Waals surface area contributed by atoms with Crippen molar-refractivity contribution in [3.8, 4) is 0 Å². The van der Waals surface area contributed by atoms with Crippen LogP contribution in [-0.4, -0.2) is 33.5 Å². The molecule has 2 rings (SSSR count). The maximum Gasteiger partial charge on any atom is 0.237 e. The van der Waals surface area contributed by atoms with Gasteiger partial charge in [0.05, 0.1) is 5.75 Å². The molecule has 6 heteroatoms. The first kappa shape index (κ1) is 17.5. The van der Waals surface area contributed by atoms with E-state index in [1.54, 1.807) is 11.9 Å². The number of nitrogens with zero attached hydrogens (tertiary/aromatic N) is 4. The molecule has 1 aromatic heterocycles. The van der Waals surface area contributed by atoms with Crippen LogP contribution in [0.15, 0.2) is 35.5 Å². The number of benzene rings is 1. The van der Waals surface area contributed by atoms with Crippen molar-refractivity contribution in [3.05, 3.63) is 36.2 Å². The summed E-state index contributed by atoms with van der Waals surface area (Å²) in [6.45, 7) is 5.08. The zero-order chi connectivity index (χ0) is 16.7. The van der Waals surface area contributed by atoms with Gasteiger partial charge in [0.2, 0.25) is 5.91 Å². The van der Waals surface area contributed by atoms with Crippen molar-refractivity contribution in [1.29, 1.82) is 0 Å². The zero-order valence-corrected chi connectivity index (χ0v) is 14.8. The summed E-state index contributed by atoms with van der Waals surface area (Å²) in [6.07, 6.45) is 3.19. The van der Waals surface area contributed by atoms with Crippen molar-refractivity contribution >= 4 is 23.4 Å². The smallest absolute Gasteiger partial charge is 0.237 e. The molecule has 0 saturated carbocycles. The molecule has 1 heterocycles. The molecule has 0 aliphatic heterocycles. The summed E-state index contributed by atoms with van der Waals surface area (Å²) in [5.41, 5.74) is 0.902. The van der Waals surface area contributed by atoms with Crippen LogP contribution in [0.3, 0.4) is 0 Å². The average Bonchev–Trinajstić information content (AvgIpc) is 2.99. The van der Waals surface area contributed by atoms with Crippen molar-refractivity contribution in [2.45, 2.75) is 44.8 Å². The molecule has 124 valence electrons. The van der Waals surface area contributed by atoms with Crippen LogP contribution < -0.4 is 4.90 Å². The van der Waals surface area contributed by atoms with Gasteiger partial charge in [0.15, 0.2) is 5.16 Å². The monoisotopic (exact) mass is 332 g/mol. The minimum absolute atomic E-state index is 0.0574. The van der Waals surface area contributed by atoms with Crippen LogP contribution >= 0.6 is 11.8 Å². The SMILES string of the molecule is CCCCc1nnc(SCC(=O)N(C)c2ccccc2)n1CC. The van der Waals surface area contributed by atoms with E-state index < -0.39 is 0 Å². The number of para-hydroxylation sites is 1. The number of carbonyl (C=O) groups excluding carboxylic acids is 1. The third-order valence-electron chi connectivity index (χ3n) is 3.71. The summed E-state index contributed by atoms with van der Waals surface area (Å²) in [5, 5.41) is 9.35. The second kappa shape index (κ2) is 8.72. The van der Waals surface area contributed by atoms with Crippen LogP contribution in [0.5, 0.6) is 0 Å². The molecule has 0 radical (unpaired) electrons. The highest BCUT2D eigenvalue weighted by Crippen LogP contribution is 2.20. The molecule has 0 N–H and O–H groups in total. The minimum Gasteiger partial charge on any atom is -0.315 e.